The molecule has 1 aromatic carbocycles. The summed E-state index contributed by atoms with van der Waals surface area (Å²) >= 11 is 1.81. The molecule has 2 aromatic rings. The fourth-order valence-electron chi connectivity index (χ4n) is 3.41. The van der Waals surface area contributed by atoms with Crippen LogP contribution < -0.4 is 15.6 Å². The molecule has 0 unspecified atom stereocenters. The molecule has 0 atom stereocenters. The second kappa shape index (κ2) is 4.46. The molecule has 22 heavy (non-hydrogen) atoms. The van der Waals surface area contributed by atoms with E-state index in [4.69, 9.17) is 10.5 Å². The molecule has 5 nitrogen and oxygen atoms in total. The molecule has 1 aromatic heterocycles. The van der Waals surface area contributed by atoms with E-state index in [-0.39, 0.29) is 0 Å². The van der Waals surface area contributed by atoms with Gasteiger partial charge in [0, 0.05) is 17.9 Å². The van der Waals surface area contributed by atoms with Crippen molar-refractivity contribution in [1.82, 2.24) is 9.78 Å². The fourth-order valence-corrected chi connectivity index (χ4v) is 4.66. The van der Waals surface area contributed by atoms with Crippen molar-refractivity contribution < 1.29 is 0 Å². The van der Waals surface area contributed by atoms with Crippen LogP contribution >= 0.6 is 11.8 Å². The van der Waals surface area contributed by atoms with Crippen molar-refractivity contribution in [2.45, 2.75) is 30.7 Å². The van der Waals surface area contributed by atoms with Gasteiger partial charge in [0.25, 0.3) is 0 Å². The Hall–Kier alpha value is -2.08. The van der Waals surface area contributed by atoms with Crippen LogP contribution in [0.25, 0.3) is 5.03 Å². The first kappa shape index (κ1) is 12.5. The van der Waals surface area contributed by atoms with Gasteiger partial charge in [-0.15, -0.1) is 0 Å². The topological polar surface area (TPSA) is 57.3 Å². The molecule has 6 heteroatoms. The van der Waals surface area contributed by atoms with Gasteiger partial charge >= 0.3 is 0 Å². The number of nitrogens with zero attached hydrogens (tertiary/aromatic N) is 4. The number of hydrogen-bond acceptors (Lipinski definition) is 4. The van der Waals surface area contributed by atoms with Gasteiger partial charge < -0.3 is 4.90 Å². The lowest BCUT2D eigenvalue weighted by Crippen LogP contribution is -2.38. The average molecular weight is 309 g/mol. The van der Waals surface area contributed by atoms with Crippen LogP contribution in [0.4, 0.5) is 5.69 Å². The molecule has 0 saturated carbocycles. The lowest BCUT2D eigenvalue weighted by Gasteiger charge is -2.18. The van der Waals surface area contributed by atoms with Gasteiger partial charge in [-0.25, -0.2) is 9.67 Å². The molecule has 0 saturated heterocycles. The minimum Gasteiger partial charge on any atom is -0.334 e. The first-order valence-electron chi connectivity index (χ1n) is 7.62. The van der Waals surface area contributed by atoms with Crippen LogP contribution in [-0.2, 0) is 13.0 Å². The Balaban J connectivity index is 1.86. The van der Waals surface area contributed by atoms with E-state index in [1.54, 1.807) is 0 Å². The Bertz CT molecular complexity index is 926. The zero-order chi connectivity index (χ0) is 14.7. The summed E-state index contributed by atoms with van der Waals surface area (Å²) in [6.07, 6.45) is 2.76. The van der Waals surface area contributed by atoms with Gasteiger partial charge in [-0.05, 0) is 25.0 Å². The number of benzene rings is 1. The molecule has 0 radical (unpaired) electrons. The second-order valence-corrected chi connectivity index (χ2v) is 6.84. The van der Waals surface area contributed by atoms with Crippen LogP contribution in [0.3, 0.4) is 0 Å². The number of thioether (sulfide) groups is 1. The minimum absolute atomic E-state index is 0.465. The summed E-state index contributed by atoms with van der Waals surface area (Å²) in [5.41, 5.74) is 3.32. The lowest BCUT2D eigenvalue weighted by molar-refractivity contribution is 0.577. The third kappa shape index (κ3) is 1.64. The van der Waals surface area contributed by atoms with Crippen LogP contribution in [0.15, 0.2) is 34.2 Å². The van der Waals surface area contributed by atoms with Crippen LogP contribution in [0.1, 0.15) is 18.5 Å². The number of rotatable bonds is 0. The van der Waals surface area contributed by atoms with E-state index in [1.165, 1.54) is 15.6 Å². The maximum absolute atomic E-state index is 7.91. The highest BCUT2D eigenvalue weighted by atomic mass is 32.2. The van der Waals surface area contributed by atoms with Gasteiger partial charge in [0.1, 0.15) is 5.84 Å². The summed E-state index contributed by atoms with van der Waals surface area (Å²) in [5, 5.41) is 15.1. The SMILES string of the molecule is N=C1CCn2nc3c(c2=N1)=C1Sc2ccccc2N1CCC3. The zero-order valence-electron chi connectivity index (χ0n) is 12.0. The quantitative estimate of drug-likeness (QED) is 0.802. The van der Waals surface area contributed by atoms with Gasteiger partial charge in [-0.2, -0.15) is 5.10 Å². The number of nitrogens with one attached hydrogen (secondary N) is 1. The number of amidine groups is 1. The van der Waals surface area contributed by atoms with E-state index in [2.05, 4.69) is 34.2 Å². The van der Waals surface area contributed by atoms with E-state index < -0.39 is 0 Å². The van der Waals surface area contributed by atoms with E-state index in [9.17, 15) is 0 Å². The Morgan fingerprint density at radius 3 is 3.00 bits per heavy atom. The Morgan fingerprint density at radius 2 is 2.05 bits per heavy atom. The van der Waals surface area contributed by atoms with Gasteiger partial charge in [-0.1, -0.05) is 23.9 Å². The predicted molar refractivity (Wildman–Crippen MR) is 86.7 cm³/mol. The first-order chi connectivity index (χ1) is 10.8. The molecule has 110 valence electrons. The number of aryl methyl sites for hydroxylation is 2. The largest absolute Gasteiger partial charge is 0.334 e. The smallest absolute Gasteiger partial charge is 0.162 e. The van der Waals surface area contributed by atoms with Crippen molar-refractivity contribution in [3.63, 3.8) is 0 Å². The number of hydrogen-bond donors (Lipinski definition) is 1. The lowest BCUT2D eigenvalue weighted by atomic mass is 10.2. The van der Waals surface area contributed by atoms with Crippen LogP contribution in [0, 0.1) is 5.41 Å². The van der Waals surface area contributed by atoms with E-state index in [0.717, 1.165) is 42.3 Å². The van der Waals surface area contributed by atoms with Gasteiger partial charge in [0.15, 0.2) is 5.49 Å². The molecule has 0 fully saturated rings. The van der Waals surface area contributed by atoms with Crippen molar-refractivity contribution in [1.29, 1.82) is 5.41 Å². The predicted octanol–water partition coefficient (Wildman–Crippen LogP) is 1.51. The second-order valence-electron chi connectivity index (χ2n) is 5.81. The first-order valence-corrected chi connectivity index (χ1v) is 8.43. The molecular formula is C16H15N5S. The standard InChI is InChI=1S/C16H15N5S/c17-13-7-9-21-15(18-13)14-10(19-21)4-3-8-20-11-5-1-2-6-12(11)22-16(14)20/h1-2,5-6,17H,3-4,7-9H2. The van der Waals surface area contributed by atoms with Gasteiger partial charge in [-0.3, -0.25) is 5.41 Å². The number of anilines is 1. The summed E-state index contributed by atoms with van der Waals surface area (Å²) < 4.78 is 1.99. The Labute approximate surface area is 131 Å². The molecule has 3 aliphatic heterocycles. The summed E-state index contributed by atoms with van der Waals surface area (Å²) in [4.78, 5) is 8.21. The molecule has 0 spiro atoms. The molecule has 0 amide bonds. The molecule has 3 aliphatic rings. The zero-order valence-corrected chi connectivity index (χ0v) is 12.9. The maximum atomic E-state index is 7.91. The summed E-state index contributed by atoms with van der Waals surface area (Å²) in [6.45, 7) is 1.79. The normalized spacial score (nSPS) is 19.0. The Kier molecular flexibility index (Phi) is 2.52. The molecule has 0 bridgehead atoms. The average Bonchev–Trinajstić information content (AvgIpc) is 3.00. The molecule has 0 aliphatic carbocycles. The third-order valence-electron chi connectivity index (χ3n) is 4.42. The van der Waals surface area contributed by atoms with Crippen molar-refractivity contribution >= 4 is 28.3 Å². The highest BCUT2D eigenvalue weighted by Crippen LogP contribution is 2.46. The van der Waals surface area contributed by atoms with Crippen molar-refractivity contribution in [2.75, 3.05) is 11.4 Å². The summed E-state index contributed by atoms with van der Waals surface area (Å²) in [7, 11) is 0. The minimum atomic E-state index is 0.465. The van der Waals surface area contributed by atoms with Crippen LogP contribution in [0.2, 0.25) is 0 Å². The highest BCUT2D eigenvalue weighted by Gasteiger charge is 2.30. The number of aromatic nitrogens is 2. The number of para-hydroxylation sites is 1. The van der Waals surface area contributed by atoms with E-state index in [1.807, 2.05) is 16.4 Å². The van der Waals surface area contributed by atoms with E-state index in [0.29, 0.717) is 12.3 Å². The van der Waals surface area contributed by atoms with Crippen LogP contribution in [-0.4, -0.2) is 22.2 Å². The van der Waals surface area contributed by atoms with E-state index >= 15 is 0 Å². The molecule has 1 N–H and O–H groups in total. The Morgan fingerprint density at radius 1 is 1.14 bits per heavy atom. The highest BCUT2D eigenvalue weighted by molar-refractivity contribution is 8.08. The van der Waals surface area contributed by atoms with Gasteiger partial charge in [0.2, 0.25) is 0 Å². The molecular weight excluding hydrogens is 294 g/mol. The van der Waals surface area contributed by atoms with Crippen molar-refractivity contribution in [3.8, 4) is 0 Å². The van der Waals surface area contributed by atoms with Crippen molar-refractivity contribution in [3.05, 3.63) is 40.7 Å². The third-order valence-corrected chi connectivity index (χ3v) is 5.60. The summed E-state index contributed by atoms with van der Waals surface area (Å²) in [5.74, 6) is 0.465. The summed E-state index contributed by atoms with van der Waals surface area (Å²) in [6, 6.07) is 8.56. The maximum Gasteiger partial charge on any atom is 0.162 e. The monoisotopic (exact) mass is 309 g/mol. The van der Waals surface area contributed by atoms with Gasteiger partial charge in [0.05, 0.1) is 28.2 Å². The fraction of sp³-hybridized carbons (Fsp3) is 0.312. The van der Waals surface area contributed by atoms with Crippen molar-refractivity contribution in [2.24, 2.45) is 4.99 Å². The molecule has 4 heterocycles. The van der Waals surface area contributed by atoms with Crippen LogP contribution in [0.5, 0.6) is 0 Å². The molecule has 5 rings (SSSR count). The number of fused-ring (bicyclic) bond motifs is 6.